The average Bonchev–Trinajstić information content (AvgIpc) is 2.72. The van der Waals surface area contributed by atoms with Crippen molar-refractivity contribution in [3.8, 4) is 0 Å². The Morgan fingerprint density at radius 3 is 2.12 bits per heavy atom. The lowest BCUT2D eigenvalue weighted by molar-refractivity contribution is -0.137. The quantitative estimate of drug-likeness (QED) is 0.549. The summed E-state index contributed by atoms with van der Waals surface area (Å²) in [6.45, 7) is 6.22. The number of halogens is 4. The van der Waals surface area contributed by atoms with E-state index in [-0.39, 0.29) is 37.6 Å². The first kappa shape index (κ1) is 24.9. The molecule has 3 rings (SSSR count). The van der Waals surface area contributed by atoms with Gasteiger partial charge in [0.05, 0.1) is 5.56 Å². The fraction of sp³-hybridized carbons (Fsp3) is 0.391. The summed E-state index contributed by atoms with van der Waals surface area (Å²) in [6.07, 6.45) is -5.10. The van der Waals surface area contributed by atoms with E-state index in [0.29, 0.717) is 5.56 Å². The lowest BCUT2D eigenvalue weighted by atomic mass is 10.1. The topological polar surface area (TPSA) is 61.9 Å². The van der Waals surface area contributed by atoms with Gasteiger partial charge in [0.1, 0.15) is 5.60 Å². The van der Waals surface area contributed by atoms with Gasteiger partial charge in [-0.05, 0) is 63.2 Å². The average molecular weight is 528 g/mol. The zero-order valence-electron chi connectivity index (χ0n) is 18.5. The molecule has 178 valence electrons. The van der Waals surface area contributed by atoms with Gasteiger partial charge in [-0.15, -0.1) is 0 Å². The van der Waals surface area contributed by atoms with Crippen LogP contribution in [0, 0.1) is 0 Å². The van der Waals surface area contributed by atoms with E-state index in [1.807, 2.05) is 0 Å². The van der Waals surface area contributed by atoms with Crippen LogP contribution in [0.2, 0.25) is 0 Å². The summed E-state index contributed by atoms with van der Waals surface area (Å²) in [5.74, 6) is -0.505. The van der Waals surface area contributed by atoms with Gasteiger partial charge in [-0.3, -0.25) is 4.79 Å². The largest absolute Gasteiger partial charge is 0.444 e. The number of rotatable bonds is 3. The van der Waals surface area contributed by atoms with Gasteiger partial charge in [0.25, 0.3) is 5.91 Å². The molecule has 2 amide bonds. The maximum absolute atomic E-state index is 13.8. The SMILES string of the molecule is CC(C)(C)OC(=O)N1CCN(c2ccc(NC(=O)c3ccc(Br)cc3)cc2C(F)(F)F)CC1. The van der Waals surface area contributed by atoms with E-state index in [0.717, 1.165) is 10.5 Å². The summed E-state index contributed by atoms with van der Waals surface area (Å²) in [5, 5.41) is 2.52. The van der Waals surface area contributed by atoms with Gasteiger partial charge >= 0.3 is 12.3 Å². The molecule has 10 heteroatoms. The van der Waals surface area contributed by atoms with Gasteiger partial charge < -0.3 is 19.9 Å². The number of hydrogen-bond donors (Lipinski definition) is 1. The summed E-state index contributed by atoms with van der Waals surface area (Å²) in [5.41, 5.74) is -1.11. The zero-order chi connectivity index (χ0) is 24.4. The number of carbonyl (C=O) groups excluding carboxylic acids is 2. The summed E-state index contributed by atoms with van der Waals surface area (Å²) >= 11 is 3.27. The van der Waals surface area contributed by atoms with Gasteiger partial charge in [-0.2, -0.15) is 13.2 Å². The molecule has 0 unspecified atom stereocenters. The Morgan fingerprint density at radius 1 is 0.970 bits per heavy atom. The van der Waals surface area contributed by atoms with E-state index in [9.17, 15) is 22.8 Å². The van der Waals surface area contributed by atoms with Gasteiger partial charge in [-0.1, -0.05) is 15.9 Å². The van der Waals surface area contributed by atoms with Crippen molar-refractivity contribution in [3.63, 3.8) is 0 Å². The van der Waals surface area contributed by atoms with Gasteiger partial charge in [0.2, 0.25) is 0 Å². The lowest BCUT2D eigenvalue weighted by Crippen LogP contribution is -2.50. The third-order valence-electron chi connectivity index (χ3n) is 4.94. The molecule has 2 aromatic rings. The third kappa shape index (κ3) is 6.63. The van der Waals surface area contributed by atoms with Crippen LogP contribution in [0.15, 0.2) is 46.9 Å². The van der Waals surface area contributed by atoms with Crippen molar-refractivity contribution in [2.45, 2.75) is 32.5 Å². The number of hydrogen-bond acceptors (Lipinski definition) is 4. The Labute approximate surface area is 198 Å². The zero-order valence-corrected chi connectivity index (χ0v) is 20.1. The molecular formula is C23H25BrF3N3O3. The highest BCUT2D eigenvalue weighted by Crippen LogP contribution is 2.38. The highest BCUT2D eigenvalue weighted by atomic mass is 79.9. The summed E-state index contributed by atoms with van der Waals surface area (Å²) in [6, 6.07) is 10.2. The molecule has 33 heavy (non-hydrogen) atoms. The molecule has 0 atom stereocenters. The van der Waals surface area contributed by atoms with E-state index in [1.54, 1.807) is 49.9 Å². The van der Waals surface area contributed by atoms with Crippen LogP contribution in [-0.2, 0) is 10.9 Å². The summed E-state index contributed by atoms with van der Waals surface area (Å²) in [7, 11) is 0. The number of benzene rings is 2. The van der Waals surface area contributed by atoms with Crippen LogP contribution in [0.3, 0.4) is 0 Å². The normalized spacial score (nSPS) is 14.8. The van der Waals surface area contributed by atoms with Crippen LogP contribution in [0.1, 0.15) is 36.7 Å². The predicted octanol–water partition coefficient (Wildman–Crippen LogP) is 5.78. The minimum Gasteiger partial charge on any atom is -0.444 e. The first-order valence-electron chi connectivity index (χ1n) is 10.3. The minimum atomic E-state index is -4.62. The maximum atomic E-state index is 13.8. The van der Waals surface area contributed by atoms with Gasteiger partial charge in [0, 0.05) is 47.6 Å². The van der Waals surface area contributed by atoms with Crippen LogP contribution in [0.4, 0.5) is 29.3 Å². The second-order valence-electron chi connectivity index (χ2n) is 8.65. The van der Waals surface area contributed by atoms with Gasteiger partial charge in [0.15, 0.2) is 0 Å². The minimum absolute atomic E-state index is 0.00739. The Bertz CT molecular complexity index is 1010. The number of carbonyl (C=O) groups is 2. The molecule has 1 heterocycles. The van der Waals surface area contributed by atoms with Crippen LogP contribution in [0.5, 0.6) is 0 Å². The van der Waals surface area contributed by atoms with E-state index in [4.69, 9.17) is 4.74 Å². The number of nitrogens with one attached hydrogen (secondary N) is 1. The van der Waals surface area contributed by atoms with E-state index in [2.05, 4.69) is 21.2 Å². The molecule has 6 nitrogen and oxygen atoms in total. The molecule has 0 radical (unpaired) electrons. The molecule has 1 saturated heterocycles. The molecule has 0 aromatic heterocycles. The monoisotopic (exact) mass is 527 g/mol. The number of anilines is 2. The first-order chi connectivity index (χ1) is 15.3. The highest BCUT2D eigenvalue weighted by Gasteiger charge is 2.36. The number of alkyl halides is 3. The molecule has 0 spiro atoms. The van der Waals surface area contributed by atoms with Crippen LogP contribution in [0.25, 0.3) is 0 Å². The number of ether oxygens (including phenoxy) is 1. The van der Waals surface area contributed by atoms with Gasteiger partial charge in [-0.25, -0.2) is 4.79 Å². The van der Waals surface area contributed by atoms with Crippen molar-refractivity contribution in [3.05, 3.63) is 58.1 Å². The van der Waals surface area contributed by atoms with Crippen molar-refractivity contribution >= 4 is 39.3 Å². The van der Waals surface area contributed by atoms with E-state index < -0.39 is 29.3 Å². The number of piperazine rings is 1. The predicted molar refractivity (Wildman–Crippen MR) is 124 cm³/mol. The Kier molecular flexibility index (Phi) is 7.26. The van der Waals surface area contributed by atoms with Crippen molar-refractivity contribution in [1.82, 2.24) is 4.90 Å². The van der Waals surface area contributed by atoms with Crippen LogP contribution >= 0.6 is 15.9 Å². The van der Waals surface area contributed by atoms with Crippen molar-refractivity contribution < 1.29 is 27.5 Å². The number of nitrogens with zero attached hydrogens (tertiary/aromatic N) is 2. The molecule has 1 fully saturated rings. The third-order valence-corrected chi connectivity index (χ3v) is 5.47. The standard InChI is InChI=1S/C23H25BrF3N3O3/c1-22(2,3)33-21(32)30-12-10-29(11-13-30)19-9-8-17(14-18(19)23(25,26)27)28-20(31)15-4-6-16(24)7-5-15/h4-9,14H,10-13H2,1-3H3,(H,28,31). The lowest BCUT2D eigenvalue weighted by Gasteiger charge is -2.37. The first-order valence-corrected chi connectivity index (χ1v) is 11.1. The highest BCUT2D eigenvalue weighted by molar-refractivity contribution is 9.10. The second-order valence-corrected chi connectivity index (χ2v) is 9.56. The fourth-order valence-electron chi connectivity index (χ4n) is 3.38. The van der Waals surface area contributed by atoms with E-state index >= 15 is 0 Å². The second kappa shape index (κ2) is 9.62. The van der Waals surface area contributed by atoms with Crippen molar-refractivity contribution in [2.24, 2.45) is 0 Å². The van der Waals surface area contributed by atoms with Crippen LogP contribution < -0.4 is 10.2 Å². The Hall–Kier alpha value is -2.75. The molecule has 1 N–H and O–H groups in total. The van der Waals surface area contributed by atoms with Crippen molar-refractivity contribution in [2.75, 3.05) is 36.4 Å². The van der Waals surface area contributed by atoms with Crippen molar-refractivity contribution in [1.29, 1.82) is 0 Å². The molecule has 0 bridgehead atoms. The maximum Gasteiger partial charge on any atom is 0.418 e. The molecular weight excluding hydrogens is 503 g/mol. The molecule has 0 aliphatic carbocycles. The van der Waals surface area contributed by atoms with E-state index in [1.165, 1.54) is 17.0 Å². The smallest absolute Gasteiger partial charge is 0.418 e. The Balaban J connectivity index is 1.75. The molecule has 1 aliphatic heterocycles. The molecule has 2 aromatic carbocycles. The summed E-state index contributed by atoms with van der Waals surface area (Å²) < 4.78 is 47.7. The van der Waals surface area contributed by atoms with Crippen LogP contribution in [-0.4, -0.2) is 48.7 Å². The Morgan fingerprint density at radius 2 is 1.58 bits per heavy atom. The molecule has 0 saturated carbocycles. The summed E-state index contributed by atoms with van der Waals surface area (Å²) in [4.78, 5) is 27.7. The number of amides is 2. The molecule has 1 aliphatic rings. The fourth-order valence-corrected chi connectivity index (χ4v) is 3.64.